The second-order valence-corrected chi connectivity index (χ2v) is 19.9. The lowest BCUT2D eigenvalue weighted by Crippen LogP contribution is -2.60. The van der Waals surface area contributed by atoms with E-state index in [2.05, 4.69) is 51.9 Å². The van der Waals surface area contributed by atoms with Gasteiger partial charge in [0, 0.05) is 5.19 Å². The molecule has 4 nitrogen and oxygen atoms in total. The number of hydrogen-bond acceptors (Lipinski definition) is 4. The second kappa shape index (κ2) is 5.55. The molecule has 0 saturated heterocycles. The van der Waals surface area contributed by atoms with Crippen molar-refractivity contribution in [2.24, 2.45) is 0 Å². The summed E-state index contributed by atoms with van der Waals surface area (Å²) in [6.45, 7) is 15.6. The largest absolute Gasteiger partial charge is 0.454 e. The van der Waals surface area contributed by atoms with Gasteiger partial charge >= 0.3 is 8.56 Å². The summed E-state index contributed by atoms with van der Waals surface area (Å²) in [4.78, 5) is 0. The highest BCUT2D eigenvalue weighted by Crippen LogP contribution is 2.33. The van der Waals surface area contributed by atoms with Crippen molar-refractivity contribution in [1.82, 2.24) is 0 Å². The van der Waals surface area contributed by atoms with E-state index in [1.807, 2.05) is 12.1 Å². The van der Waals surface area contributed by atoms with Gasteiger partial charge in [-0.1, -0.05) is 12.1 Å². The smallest absolute Gasteiger partial charge is 0.352 e. The molecular formula is C14H26O4Si3. The molecule has 2 rings (SSSR count). The maximum Gasteiger partial charge on any atom is 0.352 e. The van der Waals surface area contributed by atoms with Gasteiger partial charge in [0.15, 0.2) is 28.1 Å². The molecule has 1 aromatic carbocycles. The molecule has 0 aromatic heterocycles. The lowest BCUT2D eigenvalue weighted by molar-refractivity contribution is 0.174. The van der Waals surface area contributed by atoms with Crippen molar-refractivity contribution in [1.29, 1.82) is 0 Å². The quantitative estimate of drug-likeness (QED) is 0.769. The van der Waals surface area contributed by atoms with Crippen LogP contribution < -0.4 is 14.7 Å². The van der Waals surface area contributed by atoms with Gasteiger partial charge in [0.1, 0.15) is 0 Å². The van der Waals surface area contributed by atoms with Crippen LogP contribution in [0.2, 0.25) is 45.8 Å². The Hall–Kier alpha value is -0.609. The summed E-state index contributed by atoms with van der Waals surface area (Å²) in [7, 11) is -6.03. The fourth-order valence-electron chi connectivity index (χ4n) is 2.59. The highest BCUT2D eigenvalue weighted by molar-refractivity contribution is 6.94. The number of para-hydroxylation sites is 1. The third kappa shape index (κ3) is 4.19. The molecule has 0 atom stereocenters. The summed E-state index contributed by atoms with van der Waals surface area (Å²) in [5.74, 6) is 1.60. The fraction of sp³-hybridized carbons (Fsp3) is 0.571. The molecule has 1 aliphatic rings. The topological polar surface area (TPSA) is 36.9 Å². The zero-order valence-electron chi connectivity index (χ0n) is 14.1. The molecule has 1 aromatic rings. The molecule has 21 heavy (non-hydrogen) atoms. The number of ether oxygens (including phenoxy) is 2. The summed E-state index contributed by atoms with van der Waals surface area (Å²) in [5.41, 5.74) is 0. The zero-order chi connectivity index (χ0) is 15.9. The Bertz CT molecular complexity index is 504. The van der Waals surface area contributed by atoms with Gasteiger partial charge in [0.05, 0.1) is 0 Å². The minimum atomic E-state index is -2.53. The minimum absolute atomic E-state index is 0.275. The summed E-state index contributed by atoms with van der Waals surface area (Å²) in [5, 5.41) is 1.06. The fourth-order valence-corrected chi connectivity index (χ4v) is 14.4. The Morgan fingerprint density at radius 3 is 1.95 bits per heavy atom. The van der Waals surface area contributed by atoms with Crippen LogP contribution in [0.4, 0.5) is 0 Å². The number of benzene rings is 1. The predicted molar refractivity (Wildman–Crippen MR) is 92.7 cm³/mol. The molecule has 0 N–H and O–H groups in total. The van der Waals surface area contributed by atoms with Gasteiger partial charge in [-0.05, 0) is 51.9 Å². The highest BCUT2D eigenvalue weighted by atomic mass is 28.5. The minimum Gasteiger partial charge on any atom is -0.454 e. The summed E-state index contributed by atoms with van der Waals surface area (Å²) >= 11 is 0. The maximum atomic E-state index is 6.57. The Kier molecular flexibility index (Phi) is 4.42. The maximum absolute atomic E-state index is 6.57. The third-order valence-electron chi connectivity index (χ3n) is 2.89. The van der Waals surface area contributed by atoms with Crippen LogP contribution in [0.15, 0.2) is 18.2 Å². The van der Waals surface area contributed by atoms with E-state index in [0.717, 1.165) is 16.7 Å². The van der Waals surface area contributed by atoms with Crippen LogP contribution in [-0.4, -0.2) is 32.0 Å². The molecule has 0 bridgehead atoms. The number of rotatable bonds is 5. The molecule has 0 fully saturated rings. The molecule has 1 heterocycles. The Balaban J connectivity index is 2.47. The van der Waals surface area contributed by atoms with Crippen molar-refractivity contribution in [2.75, 3.05) is 6.79 Å². The SMILES string of the molecule is C[Si](C)(C)O[Si](C)(O[Si](C)(C)C)c1cccc2c1OCO2. The van der Waals surface area contributed by atoms with Crippen molar-refractivity contribution in [3.8, 4) is 11.5 Å². The van der Waals surface area contributed by atoms with E-state index in [1.165, 1.54) is 0 Å². The van der Waals surface area contributed by atoms with Gasteiger partial charge in [-0.2, -0.15) is 0 Å². The van der Waals surface area contributed by atoms with E-state index >= 15 is 0 Å². The van der Waals surface area contributed by atoms with Crippen LogP contribution in [0.25, 0.3) is 0 Å². The van der Waals surface area contributed by atoms with Crippen LogP contribution in [-0.2, 0) is 8.23 Å². The molecule has 0 aliphatic carbocycles. The first-order chi connectivity index (χ1) is 9.50. The summed E-state index contributed by atoms with van der Waals surface area (Å²) in [6, 6.07) is 6.00. The standard InChI is InChI=1S/C14H26O4Si3/c1-19(2,3)17-21(7,18-20(4,5)6)13-10-8-9-12-14(13)16-11-15-12/h8-10H,11H2,1-7H3. The molecule has 0 saturated carbocycles. The molecule has 118 valence electrons. The zero-order valence-corrected chi connectivity index (χ0v) is 17.1. The molecule has 0 amide bonds. The van der Waals surface area contributed by atoms with Crippen molar-refractivity contribution in [3.63, 3.8) is 0 Å². The van der Waals surface area contributed by atoms with E-state index < -0.39 is 25.2 Å². The van der Waals surface area contributed by atoms with Crippen LogP contribution in [0.1, 0.15) is 0 Å². The number of fused-ring (bicyclic) bond motifs is 1. The van der Waals surface area contributed by atoms with Crippen molar-refractivity contribution in [3.05, 3.63) is 18.2 Å². The van der Waals surface area contributed by atoms with Crippen LogP contribution in [0.5, 0.6) is 11.5 Å². The molecule has 0 radical (unpaired) electrons. The third-order valence-corrected chi connectivity index (χ3v) is 12.3. The monoisotopic (exact) mass is 342 g/mol. The van der Waals surface area contributed by atoms with Gasteiger partial charge < -0.3 is 17.7 Å². The molecule has 0 spiro atoms. The first-order valence-electron chi connectivity index (χ1n) is 7.30. The second-order valence-electron chi connectivity index (χ2n) is 7.41. The van der Waals surface area contributed by atoms with Gasteiger partial charge in [0.25, 0.3) is 0 Å². The number of hydrogen-bond donors (Lipinski definition) is 0. The van der Waals surface area contributed by atoms with Gasteiger partial charge in [0.2, 0.25) is 6.79 Å². The van der Waals surface area contributed by atoms with E-state index in [-0.39, 0.29) is 6.79 Å². The molecule has 7 heteroatoms. The van der Waals surface area contributed by atoms with Crippen LogP contribution in [0.3, 0.4) is 0 Å². The van der Waals surface area contributed by atoms with Crippen LogP contribution >= 0.6 is 0 Å². The highest BCUT2D eigenvalue weighted by Gasteiger charge is 2.45. The Labute approximate surface area is 130 Å². The predicted octanol–water partition coefficient (Wildman–Crippen LogP) is 3.40. The van der Waals surface area contributed by atoms with E-state index in [0.29, 0.717) is 0 Å². The lowest BCUT2D eigenvalue weighted by Gasteiger charge is -2.38. The van der Waals surface area contributed by atoms with E-state index in [9.17, 15) is 0 Å². The van der Waals surface area contributed by atoms with Gasteiger partial charge in [-0.15, -0.1) is 0 Å². The average molecular weight is 343 g/mol. The Morgan fingerprint density at radius 2 is 1.43 bits per heavy atom. The van der Waals surface area contributed by atoms with Gasteiger partial charge in [-0.3, -0.25) is 0 Å². The first-order valence-corrected chi connectivity index (χ1v) is 16.4. The van der Waals surface area contributed by atoms with E-state index in [4.69, 9.17) is 17.7 Å². The first kappa shape index (κ1) is 16.8. The van der Waals surface area contributed by atoms with Crippen molar-refractivity contribution in [2.45, 2.75) is 45.8 Å². The molecule has 0 unspecified atom stereocenters. The van der Waals surface area contributed by atoms with Crippen molar-refractivity contribution < 1.29 is 17.7 Å². The van der Waals surface area contributed by atoms with Crippen LogP contribution in [0, 0.1) is 0 Å². The Morgan fingerprint density at radius 1 is 0.857 bits per heavy atom. The van der Waals surface area contributed by atoms with Gasteiger partial charge in [-0.25, -0.2) is 0 Å². The normalized spacial score (nSPS) is 15.4. The summed E-state index contributed by atoms with van der Waals surface area (Å²) in [6.07, 6.45) is 0. The lowest BCUT2D eigenvalue weighted by atomic mass is 10.3. The molecular weight excluding hydrogens is 316 g/mol. The van der Waals surface area contributed by atoms with E-state index in [1.54, 1.807) is 0 Å². The molecule has 1 aliphatic heterocycles. The van der Waals surface area contributed by atoms with Crippen molar-refractivity contribution >= 4 is 30.4 Å². The summed E-state index contributed by atoms with van der Waals surface area (Å²) < 4.78 is 24.3. The average Bonchev–Trinajstić information content (AvgIpc) is 2.70.